The SMILES string of the molecule is CC(C)(C)[Si](OC1C[C@@H]2[C@H](C1)N2S(=O)(=O)c1ccc([N+](=O)[O-])cc1)(c1ccccc1)c1ccccc1. The highest BCUT2D eigenvalue weighted by Gasteiger charge is 2.62. The molecule has 7 nitrogen and oxygen atoms in total. The molecule has 0 aromatic heterocycles. The molecule has 1 saturated carbocycles. The lowest BCUT2D eigenvalue weighted by atomic mass is 10.2. The molecule has 3 aromatic rings. The van der Waals surface area contributed by atoms with Crippen molar-refractivity contribution >= 4 is 34.4 Å². The van der Waals surface area contributed by atoms with Gasteiger partial charge in [0.1, 0.15) is 0 Å². The number of non-ortho nitro benzene ring substituents is 1. The fourth-order valence-electron chi connectivity index (χ4n) is 5.72. The van der Waals surface area contributed by atoms with E-state index >= 15 is 0 Å². The molecule has 0 bridgehead atoms. The zero-order chi connectivity index (χ0) is 25.7. The maximum Gasteiger partial charge on any atom is 0.269 e. The fraction of sp³-hybridized carbons (Fsp3) is 0.333. The Hall–Kier alpha value is -2.85. The second kappa shape index (κ2) is 8.91. The lowest BCUT2D eigenvalue weighted by Gasteiger charge is -2.45. The zero-order valence-corrected chi connectivity index (χ0v) is 22.4. The van der Waals surface area contributed by atoms with Crippen LogP contribution >= 0.6 is 0 Å². The molecule has 1 saturated heterocycles. The molecule has 3 aromatic carbocycles. The number of fused-ring (bicyclic) bond motifs is 1. The third-order valence-electron chi connectivity index (χ3n) is 7.40. The standard InChI is InChI=1S/C27H30N2O5SSi/c1-27(2,3)36(23-10-6-4-7-11-23,24-12-8-5-9-13-24)34-21-18-25-26(19-21)28(25)35(32,33)22-16-14-20(15-17-22)29(30)31/h4-17,21,25-26H,18-19H2,1-3H3/t21?,25-,26+,28?. The monoisotopic (exact) mass is 522 g/mol. The Morgan fingerprint density at radius 1 is 0.861 bits per heavy atom. The molecule has 188 valence electrons. The molecular weight excluding hydrogens is 492 g/mol. The maximum atomic E-state index is 13.2. The predicted octanol–water partition coefficient (Wildman–Crippen LogP) is 4.08. The minimum Gasteiger partial charge on any atom is -0.404 e. The number of nitrogens with zero attached hydrogens (tertiary/aromatic N) is 2. The summed E-state index contributed by atoms with van der Waals surface area (Å²) in [7, 11) is -6.40. The van der Waals surface area contributed by atoms with Gasteiger partial charge in [0.25, 0.3) is 14.0 Å². The number of benzene rings is 3. The van der Waals surface area contributed by atoms with Gasteiger partial charge in [-0.1, -0.05) is 81.4 Å². The molecule has 0 amide bonds. The fourth-order valence-corrected chi connectivity index (χ4v) is 12.3. The molecule has 0 radical (unpaired) electrons. The van der Waals surface area contributed by atoms with Gasteiger partial charge < -0.3 is 4.43 Å². The Morgan fingerprint density at radius 2 is 1.33 bits per heavy atom. The van der Waals surface area contributed by atoms with Crippen LogP contribution in [-0.4, -0.2) is 44.2 Å². The summed E-state index contributed by atoms with van der Waals surface area (Å²) in [6.07, 6.45) is 1.23. The third-order valence-corrected chi connectivity index (χ3v) is 14.5. The first-order valence-corrected chi connectivity index (χ1v) is 15.5. The van der Waals surface area contributed by atoms with Crippen molar-refractivity contribution in [3.05, 3.63) is 95.0 Å². The molecule has 2 aliphatic rings. The van der Waals surface area contributed by atoms with Crippen molar-refractivity contribution < 1.29 is 17.8 Å². The van der Waals surface area contributed by atoms with Crippen LogP contribution in [0.4, 0.5) is 5.69 Å². The highest BCUT2D eigenvalue weighted by molar-refractivity contribution is 7.89. The molecule has 2 fully saturated rings. The van der Waals surface area contributed by atoms with Crippen LogP contribution in [0, 0.1) is 10.1 Å². The average Bonchev–Trinajstić information content (AvgIpc) is 3.40. The number of nitro groups is 1. The predicted molar refractivity (Wildman–Crippen MR) is 141 cm³/mol. The third kappa shape index (κ3) is 4.09. The van der Waals surface area contributed by atoms with Crippen molar-refractivity contribution in [3.63, 3.8) is 0 Å². The lowest BCUT2D eigenvalue weighted by molar-refractivity contribution is -0.384. The highest BCUT2D eigenvalue weighted by atomic mass is 32.2. The van der Waals surface area contributed by atoms with E-state index in [1.807, 2.05) is 12.1 Å². The Bertz CT molecular complexity index is 1310. The van der Waals surface area contributed by atoms with Gasteiger partial charge in [0.05, 0.1) is 9.82 Å². The molecule has 9 heteroatoms. The average molecular weight is 523 g/mol. The van der Waals surface area contributed by atoms with Crippen molar-refractivity contribution in [2.45, 2.75) is 61.7 Å². The summed E-state index contributed by atoms with van der Waals surface area (Å²) >= 11 is 0. The molecule has 1 aliphatic heterocycles. The van der Waals surface area contributed by atoms with E-state index in [1.54, 1.807) is 4.31 Å². The molecule has 5 rings (SSSR count). The van der Waals surface area contributed by atoms with Crippen LogP contribution in [0.25, 0.3) is 0 Å². The van der Waals surface area contributed by atoms with Crippen molar-refractivity contribution in [2.75, 3.05) is 0 Å². The summed E-state index contributed by atoms with van der Waals surface area (Å²) in [4.78, 5) is 10.5. The van der Waals surface area contributed by atoms with Crippen LogP contribution in [0.2, 0.25) is 5.04 Å². The van der Waals surface area contributed by atoms with Gasteiger partial charge in [-0.3, -0.25) is 10.1 Å². The minimum absolute atomic E-state index is 0.0467. The Kier molecular flexibility index (Phi) is 6.15. The summed E-state index contributed by atoms with van der Waals surface area (Å²) in [5, 5.41) is 13.2. The minimum atomic E-state index is -3.70. The van der Waals surface area contributed by atoms with E-state index < -0.39 is 23.3 Å². The zero-order valence-electron chi connectivity index (χ0n) is 20.6. The van der Waals surface area contributed by atoms with Gasteiger partial charge in [0, 0.05) is 30.3 Å². The molecule has 0 N–H and O–H groups in total. The maximum absolute atomic E-state index is 13.2. The first-order valence-electron chi connectivity index (χ1n) is 12.1. The van der Waals surface area contributed by atoms with Gasteiger partial charge in [0.2, 0.25) is 10.0 Å². The second-order valence-electron chi connectivity index (χ2n) is 10.6. The molecule has 2 unspecified atom stereocenters. The van der Waals surface area contributed by atoms with Gasteiger partial charge in [-0.05, 0) is 40.4 Å². The van der Waals surface area contributed by atoms with Crippen molar-refractivity contribution in [2.24, 2.45) is 0 Å². The summed E-state index contributed by atoms with van der Waals surface area (Å²) in [6, 6.07) is 25.8. The van der Waals surface area contributed by atoms with Crippen LogP contribution in [0.3, 0.4) is 0 Å². The largest absolute Gasteiger partial charge is 0.404 e. The van der Waals surface area contributed by atoms with Crippen molar-refractivity contribution in [3.8, 4) is 0 Å². The Labute approximate surface area is 213 Å². The van der Waals surface area contributed by atoms with Gasteiger partial charge in [0.15, 0.2) is 0 Å². The van der Waals surface area contributed by atoms with Crippen LogP contribution in [0.15, 0.2) is 89.8 Å². The number of hydrogen-bond donors (Lipinski definition) is 0. The van der Waals surface area contributed by atoms with Gasteiger partial charge >= 0.3 is 0 Å². The van der Waals surface area contributed by atoms with E-state index in [-0.39, 0.29) is 33.8 Å². The number of sulfonamides is 1. The van der Waals surface area contributed by atoms with Crippen LogP contribution in [0.5, 0.6) is 0 Å². The molecule has 4 atom stereocenters. The van der Waals surface area contributed by atoms with Crippen molar-refractivity contribution in [1.82, 2.24) is 4.31 Å². The quantitative estimate of drug-likeness (QED) is 0.202. The Morgan fingerprint density at radius 3 is 1.75 bits per heavy atom. The normalized spacial score (nSPS) is 23.8. The number of rotatable bonds is 7. The smallest absolute Gasteiger partial charge is 0.269 e. The Balaban J connectivity index is 1.40. The van der Waals surface area contributed by atoms with E-state index in [2.05, 4.69) is 69.3 Å². The first kappa shape index (κ1) is 24.8. The number of nitro benzene ring substituents is 1. The van der Waals surface area contributed by atoms with E-state index in [9.17, 15) is 18.5 Å². The lowest BCUT2D eigenvalue weighted by Crippen LogP contribution is -2.67. The molecular formula is C27H30N2O5SSi. The number of piperidine rings is 1. The molecule has 1 heterocycles. The summed E-state index contributed by atoms with van der Waals surface area (Å²) in [5.74, 6) is 0. The van der Waals surface area contributed by atoms with Crippen molar-refractivity contribution in [1.29, 1.82) is 0 Å². The van der Waals surface area contributed by atoms with E-state index in [1.165, 1.54) is 34.6 Å². The van der Waals surface area contributed by atoms with Crippen LogP contribution in [-0.2, 0) is 14.4 Å². The van der Waals surface area contributed by atoms with Crippen LogP contribution in [0.1, 0.15) is 33.6 Å². The highest BCUT2D eigenvalue weighted by Crippen LogP contribution is 2.49. The van der Waals surface area contributed by atoms with E-state index in [4.69, 9.17) is 4.43 Å². The summed E-state index contributed by atoms with van der Waals surface area (Å²) in [5.41, 5.74) is -0.126. The second-order valence-corrected chi connectivity index (χ2v) is 16.7. The summed E-state index contributed by atoms with van der Waals surface area (Å²) < 4.78 is 35.1. The molecule has 36 heavy (non-hydrogen) atoms. The number of hydrogen-bond acceptors (Lipinski definition) is 5. The van der Waals surface area contributed by atoms with Gasteiger partial charge in [-0.15, -0.1) is 0 Å². The molecule has 1 aliphatic carbocycles. The summed E-state index contributed by atoms with van der Waals surface area (Å²) in [6.45, 7) is 6.71. The topological polar surface area (TPSA) is 89.5 Å². The van der Waals surface area contributed by atoms with Gasteiger partial charge in [-0.25, -0.2) is 8.42 Å². The first-order chi connectivity index (χ1) is 17.1. The van der Waals surface area contributed by atoms with Crippen LogP contribution < -0.4 is 10.4 Å². The molecule has 0 spiro atoms. The van der Waals surface area contributed by atoms with Gasteiger partial charge in [-0.2, -0.15) is 4.31 Å². The van der Waals surface area contributed by atoms with E-state index in [0.29, 0.717) is 12.8 Å². The van der Waals surface area contributed by atoms with E-state index in [0.717, 1.165) is 0 Å².